The standard InChI is InChI=1S/C13H17N3O3/c1-5-8-14-11(17)15(9-6-2)13(19)16(12(14)18)10(4)7-3/h5-7,10H,1-3,8-9H2,4H3. The van der Waals surface area contributed by atoms with Gasteiger partial charge in [-0.1, -0.05) is 18.2 Å². The second-order valence-electron chi connectivity index (χ2n) is 3.99. The Kier molecular flexibility index (Phi) is 4.63. The molecule has 1 rings (SSSR count). The van der Waals surface area contributed by atoms with Crippen LogP contribution >= 0.6 is 0 Å². The van der Waals surface area contributed by atoms with Crippen LogP contribution in [0.25, 0.3) is 0 Å². The molecule has 0 aliphatic heterocycles. The third-order valence-electron chi connectivity index (χ3n) is 2.71. The second-order valence-corrected chi connectivity index (χ2v) is 3.99. The van der Waals surface area contributed by atoms with Crippen molar-refractivity contribution in [2.75, 3.05) is 0 Å². The highest BCUT2D eigenvalue weighted by molar-refractivity contribution is 4.90. The van der Waals surface area contributed by atoms with Crippen molar-refractivity contribution in [1.29, 1.82) is 0 Å². The predicted octanol–water partition coefficient (Wildman–Crippen LogP) is 0.291. The average molecular weight is 263 g/mol. The van der Waals surface area contributed by atoms with E-state index in [9.17, 15) is 14.4 Å². The fourth-order valence-corrected chi connectivity index (χ4v) is 1.68. The van der Waals surface area contributed by atoms with E-state index < -0.39 is 23.1 Å². The number of nitrogens with zero attached hydrogens (tertiary/aromatic N) is 3. The Morgan fingerprint density at radius 2 is 1.37 bits per heavy atom. The Morgan fingerprint density at radius 3 is 1.68 bits per heavy atom. The van der Waals surface area contributed by atoms with E-state index in [1.165, 1.54) is 18.2 Å². The minimum atomic E-state index is -0.665. The molecule has 0 spiro atoms. The quantitative estimate of drug-likeness (QED) is 0.693. The van der Waals surface area contributed by atoms with Crippen molar-refractivity contribution in [2.45, 2.75) is 26.1 Å². The molecule has 0 N–H and O–H groups in total. The van der Waals surface area contributed by atoms with Crippen LogP contribution in [0.15, 0.2) is 52.3 Å². The summed E-state index contributed by atoms with van der Waals surface area (Å²) in [7, 11) is 0. The second kappa shape index (κ2) is 5.99. The molecule has 19 heavy (non-hydrogen) atoms. The van der Waals surface area contributed by atoms with Crippen LogP contribution in [0.3, 0.4) is 0 Å². The first kappa shape index (κ1) is 14.7. The summed E-state index contributed by atoms with van der Waals surface area (Å²) < 4.78 is 2.90. The van der Waals surface area contributed by atoms with E-state index in [1.807, 2.05) is 0 Å². The van der Waals surface area contributed by atoms with Gasteiger partial charge in [0, 0.05) is 0 Å². The third-order valence-corrected chi connectivity index (χ3v) is 2.71. The van der Waals surface area contributed by atoms with Crippen LogP contribution in [0.4, 0.5) is 0 Å². The lowest BCUT2D eigenvalue weighted by Crippen LogP contribution is -2.54. The van der Waals surface area contributed by atoms with E-state index >= 15 is 0 Å². The Balaban J connectivity index is 3.84. The van der Waals surface area contributed by atoms with Crippen molar-refractivity contribution in [3.8, 4) is 0 Å². The van der Waals surface area contributed by atoms with Crippen LogP contribution in [-0.2, 0) is 13.1 Å². The van der Waals surface area contributed by atoms with Gasteiger partial charge in [0.1, 0.15) is 0 Å². The molecule has 6 heteroatoms. The number of aromatic nitrogens is 3. The first-order valence-electron chi connectivity index (χ1n) is 5.80. The van der Waals surface area contributed by atoms with Crippen molar-refractivity contribution < 1.29 is 0 Å². The first-order valence-corrected chi connectivity index (χ1v) is 5.80. The van der Waals surface area contributed by atoms with Gasteiger partial charge in [-0.05, 0) is 6.92 Å². The molecule has 1 aromatic rings. The monoisotopic (exact) mass is 263 g/mol. The van der Waals surface area contributed by atoms with Crippen molar-refractivity contribution in [2.24, 2.45) is 0 Å². The van der Waals surface area contributed by atoms with Crippen molar-refractivity contribution >= 4 is 0 Å². The molecule has 0 saturated carbocycles. The molecule has 0 bridgehead atoms. The summed E-state index contributed by atoms with van der Waals surface area (Å²) in [5.41, 5.74) is -1.99. The minimum Gasteiger partial charge on any atom is -0.247 e. The van der Waals surface area contributed by atoms with Crippen LogP contribution in [0.1, 0.15) is 13.0 Å². The van der Waals surface area contributed by atoms with Gasteiger partial charge in [-0.25, -0.2) is 28.1 Å². The van der Waals surface area contributed by atoms with E-state index in [0.717, 1.165) is 13.7 Å². The summed E-state index contributed by atoms with van der Waals surface area (Å²) in [6, 6.07) is -0.507. The molecule has 0 fully saturated rings. The normalized spacial score (nSPS) is 11.8. The molecule has 1 aromatic heterocycles. The summed E-state index contributed by atoms with van der Waals surface area (Å²) in [4.78, 5) is 36.3. The maximum atomic E-state index is 12.1. The van der Waals surface area contributed by atoms with Gasteiger partial charge in [0.25, 0.3) is 0 Å². The van der Waals surface area contributed by atoms with E-state index in [4.69, 9.17) is 0 Å². The number of rotatable bonds is 6. The van der Waals surface area contributed by atoms with E-state index in [-0.39, 0.29) is 13.1 Å². The van der Waals surface area contributed by atoms with Crippen LogP contribution < -0.4 is 17.1 Å². The fourth-order valence-electron chi connectivity index (χ4n) is 1.68. The predicted molar refractivity (Wildman–Crippen MR) is 74.5 cm³/mol. The average Bonchev–Trinajstić information content (AvgIpc) is 2.39. The SMILES string of the molecule is C=CCn1c(=O)n(CC=C)c(=O)n(C(C)C=C)c1=O. The molecular weight excluding hydrogens is 246 g/mol. The molecule has 0 saturated heterocycles. The van der Waals surface area contributed by atoms with Gasteiger partial charge in [0.2, 0.25) is 0 Å². The summed E-state index contributed by atoms with van der Waals surface area (Å²) in [5.74, 6) is 0. The van der Waals surface area contributed by atoms with Gasteiger partial charge in [0.15, 0.2) is 0 Å². The first-order chi connectivity index (χ1) is 8.99. The summed E-state index contributed by atoms with van der Waals surface area (Å²) >= 11 is 0. The molecule has 102 valence electrons. The van der Waals surface area contributed by atoms with Crippen LogP contribution in [0, 0.1) is 0 Å². The van der Waals surface area contributed by atoms with Gasteiger partial charge in [-0.15, -0.1) is 19.7 Å². The molecule has 0 aromatic carbocycles. The van der Waals surface area contributed by atoms with Crippen LogP contribution in [0.5, 0.6) is 0 Å². The van der Waals surface area contributed by atoms with Crippen LogP contribution in [-0.4, -0.2) is 13.7 Å². The number of hydrogen-bond donors (Lipinski definition) is 0. The minimum absolute atomic E-state index is 0.0406. The third kappa shape index (κ3) is 2.57. The zero-order valence-corrected chi connectivity index (χ0v) is 10.9. The highest BCUT2D eigenvalue weighted by Crippen LogP contribution is 1.97. The molecule has 6 nitrogen and oxygen atoms in total. The van der Waals surface area contributed by atoms with Crippen molar-refractivity contribution in [3.05, 3.63) is 69.4 Å². The highest BCUT2D eigenvalue weighted by Gasteiger charge is 2.16. The summed E-state index contributed by atoms with van der Waals surface area (Å²) in [5, 5.41) is 0. The number of hydrogen-bond acceptors (Lipinski definition) is 3. The van der Waals surface area contributed by atoms with Crippen molar-refractivity contribution in [3.63, 3.8) is 0 Å². The Hall–Kier alpha value is -2.37. The lowest BCUT2D eigenvalue weighted by atomic mass is 10.3. The highest BCUT2D eigenvalue weighted by atomic mass is 16.2. The Bertz CT molecular complexity index is 628. The summed E-state index contributed by atoms with van der Waals surface area (Å²) in [6.45, 7) is 12.3. The van der Waals surface area contributed by atoms with Gasteiger partial charge >= 0.3 is 17.1 Å². The van der Waals surface area contributed by atoms with Gasteiger partial charge in [-0.3, -0.25) is 0 Å². The smallest absolute Gasteiger partial charge is 0.247 e. The molecule has 0 radical (unpaired) electrons. The van der Waals surface area contributed by atoms with E-state index in [1.54, 1.807) is 6.92 Å². The molecule has 0 amide bonds. The van der Waals surface area contributed by atoms with Crippen LogP contribution in [0.2, 0.25) is 0 Å². The Morgan fingerprint density at radius 1 is 0.947 bits per heavy atom. The lowest BCUT2D eigenvalue weighted by Gasteiger charge is -2.14. The maximum Gasteiger partial charge on any atom is 0.337 e. The lowest BCUT2D eigenvalue weighted by molar-refractivity contribution is 0.464. The molecule has 0 aliphatic rings. The fraction of sp³-hybridized carbons (Fsp3) is 0.308. The molecular formula is C13H17N3O3. The molecule has 1 heterocycles. The van der Waals surface area contributed by atoms with Gasteiger partial charge in [-0.2, -0.15) is 0 Å². The zero-order chi connectivity index (χ0) is 14.6. The number of allylic oxidation sites excluding steroid dienone is 3. The zero-order valence-electron chi connectivity index (χ0n) is 10.9. The van der Waals surface area contributed by atoms with Gasteiger partial charge in [0.05, 0.1) is 19.1 Å². The largest absolute Gasteiger partial charge is 0.337 e. The maximum absolute atomic E-state index is 12.1. The Labute approximate surface area is 110 Å². The topological polar surface area (TPSA) is 66.0 Å². The van der Waals surface area contributed by atoms with E-state index in [2.05, 4.69) is 19.7 Å². The molecule has 1 atom stereocenters. The van der Waals surface area contributed by atoms with E-state index in [0.29, 0.717) is 0 Å². The van der Waals surface area contributed by atoms with Crippen molar-refractivity contribution in [1.82, 2.24) is 13.7 Å². The molecule has 1 unspecified atom stereocenters. The van der Waals surface area contributed by atoms with Gasteiger partial charge < -0.3 is 0 Å². The summed E-state index contributed by atoms with van der Waals surface area (Å²) in [6.07, 6.45) is 4.31. The molecule has 0 aliphatic carbocycles.